The van der Waals surface area contributed by atoms with Gasteiger partial charge in [-0.15, -0.1) is 0 Å². The van der Waals surface area contributed by atoms with Crippen molar-refractivity contribution in [2.45, 2.75) is 43.9 Å². The molecule has 2 aliphatic rings. The van der Waals surface area contributed by atoms with Crippen LogP contribution in [0.2, 0.25) is 0 Å². The molecule has 6 rings (SSSR count). The normalized spacial score (nSPS) is 19.3. The number of anilines is 1. The zero-order valence-electron chi connectivity index (χ0n) is 21.5. The number of amides is 1. The summed E-state index contributed by atoms with van der Waals surface area (Å²) in [6, 6.07) is 17.9. The number of hydrogen-bond acceptors (Lipinski definition) is 8. The van der Waals surface area contributed by atoms with E-state index in [2.05, 4.69) is 33.8 Å². The molecule has 0 spiro atoms. The first-order valence-electron chi connectivity index (χ1n) is 13.0. The van der Waals surface area contributed by atoms with Gasteiger partial charge in [0.25, 0.3) is 5.91 Å². The van der Waals surface area contributed by atoms with Crippen molar-refractivity contribution >= 4 is 34.6 Å². The second-order valence-electron chi connectivity index (χ2n) is 9.86. The smallest absolute Gasteiger partial charge is 0.251 e. The number of morpholine rings is 1. The molecule has 5 heterocycles. The van der Waals surface area contributed by atoms with E-state index in [-0.39, 0.29) is 18.1 Å². The molecule has 2 aliphatic heterocycles. The van der Waals surface area contributed by atoms with Crippen LogP contribution in [-0.2, 0) is 17.7 Å². The fraction of sp³-hybridized carbons (Fsp3) is 0.310. The van der Waals surface area contributed by atoms with Crippen molar-refractivity contribution in [3.8, 4) is 11.4 Å². The number of carbonyl (C=O) groups is 1. The number of carbonyl (C=O) groups excluding carboxylic acids is 1. The molecule has 2 atom stereocenters. The van der Waals surface area contributed by atoms with Crippen LogP contribution in [0.25, 0.3) is 22.3 Å². The van der Waals surface area contributed by atoms with E-state index >= 15 is 0 Å². The minimum absolute atomic E-state index is 0.115. The topological polar surface area (TPSA) is 92.3 Å². The Labute approximate surface area is 226 Å². The number of ether oxygens (including phenoxy) is 1. The minimum atomic E-state index is -0.115. The highest BCUT2D eigenvalue weighted by atomic mass is 32.2. The van der Waals surface area contributed by atoms with Crippen molar-refractivity contribution in [3.63, 3.8) is 0 Å². The lowest BCUT2D eigenvalue weighted by Crippen LogP contribution is -2.45. The van der Waals surface area contributed by atoms with Crippen LogP contribution in [0.4, 0.5) is 5.82 Å². The molecule has 0 radical (unpaired) electrons. The van der Waals surface area contributed by atoms with Gasteiger partial charge in [-0.25, -0.2) is 9.97 Å². The fourth-order valence-electron chi connectivity index (χ4n) is 4.99. The number of hydrogen-bond donors (Lipinski definition) is 2. The zero-order valence-corrected chi connectivity index (χ0v) is 22.3. The van der Waals surface area contributed by atoms with Gasteiger partial charge in [0.1, 0.15) is 5.82 Å². The molecule has 38 heavy (non-hydrogen) atoms. The van der Waals surface area contributed by atoms with Gasteiger partial charge in [0.2, 0.25) is 0 Å². The Morgan fingerprint density at radius 1 is 1.08 bits per heavy atom. The second-order valence-corrected chi connectivity index (χ2v) is 10.8. The van der Waals surface area contributed by atoms with E-state index < -0.39 is 0 Å². The van der Waals surface area contributed by atoms with Gasteiger partial charge in [0.05, 0.1) is 41.4 Å². The predicted molar refractivity (Wildman–Crippen MR) is 150 cm³/mol. The van der Waals surface area contributed by atoms with Gasteiger partial charge in [0, 0.05) is 41.7 Å². The zero-order chi connectivity index (χ0) is 26.1. The molecule has 194 valence electrons. The van der Waals surface area contributed by atoms with Gasteiger partial charge in [-0.05, 0) is 80.2 Å². The summed E-state index contributed by atoms with van der Waals surface area (Å²) in [7, 11) is 0. The third-order valence-corrected chi connectivity index (χ3v) is 7.76. The highest BCUT2D eigenvalue weighted by molar-refractivity contribution is 7.97. The van der Waals surface area contributed by atoms with Crippen molar-refractivity contribution in [2.75, 3.05) is 24.5 Å². The Kier molecular flexibility index (Phi) is 6.97. The molecule has 9 heteroatoms. The van der Waals surface area contributed by atoms with E-state index in [1.165, 1.54) is 5.56 Å². The lowest BCUT2D eigenvalue weighted by Gasteiger charge is -2.36. The Bertz CT molecular complexity index is 1490. The van der Waals surface area contributed by atoms with Gasteiger partial charge in [-0.1, -0.05) is 12.1 Å². The van der Waals surface area contributed by atoms with Crippen LogP contribution in [-0.4, -0.2) is 52.7 Å². The second kappa shape index (κ2) is 10.7. The quantitative estimate of drug-likeness (QED) is 0.370. The molecule has 2 unspecified atom stereocenters. The maximum Gasteiger partial charge on any atom is 0.251 e. The monoisotopic (exact) mass is 526 g/mol. The van der Waals surface area contributed by atoms with Gasteiger partial charge in [-0.2, -0.15) is 0 Å². The summed E-state index contributed by atoms with van der Waals surface area (Å²) < 4.78 is 9.15. The Morgan fingerprint density at radius 3 is 2.79 bits per heavy atom. The Balaban J connectivity index is 1.18. The molecule has 2 N–H and O–H groups in total. The van der Waals surface area contributed by atoms with Crippen LogP contribution >= 0.6 is 11.9 Å². The maximum atomic E-state index is 12.8. The molecule has 1 aromatic carbocycles. The van der Waals surface area contributed by atoms with Crippen molar-refractivity contribution in [3.05, 3.63) is 77.6 Å². The van der Waals surface area contributed by atoms with E-state index in [1.54, 1.807) is 18.1 Å². The number of rotatable bonds is 5. The number of benzene rings is 1. The highest BCUT2D eigenvalue weighted by Crippen LogP contribution is 2.26. The first-order valence-corrected chi connectivity index (χ1v) is 13.8. The van der Waals surface area contributed by atoms with E-state index in [4.69, 9.17) is 14.7 Å². The van der Waals surface area contributed by atoms with Crippen LogP contribution in [0, 0.1) is 0 Å². The molecule has 8 nitrogen and oxygen atoms in total. The predicted octanol–water partition coefficient (Wildman–Crippen LogP) is 4.39. The lowest BCUT2D eigenvalue weighted by molar-refractivity contribution is -0.00545. The number of pyridine rings is 3. The van der Waals surface area contributed by atoms with Crippen LogP contribution < -0.4 is 14.9 Å². The molecular weight excluding hydrogens is 496 g/mol. The van der Waals surface area contributed by atoms with Crippen molar-refractivity contribution in [2.24, 2.45) is 0 Å². The van der Waals surface area contributed by atoms with Crippen molar-refractivity contribution in [1.82, 2.24) is 25.0 Å². The van der Waals surface area contributed by atoms with Crippen LogP contribution in [0.15, 0.2) is 65.7 Å². The van der Waals surface area contributed by atoms with Crippen molar-refractivity contribution < 1.29 is 9.53 Å². The van der Waals surface area contributed by atoms with Gasteiger partial charge in [0.15, 0.2) is 0 Å². The summed E-state index contributed by atoms with van der Waals surface area (Å²) in [5, 5.41) is 3.94. The molecule has 1 fully saturated rings. The average molecular weight is 527 g/mol. The summed E-state index contributed by atoms with van der Waals surface area (Å²) in [5.74, 6) is 0.816. The summed E-state index contributed by atoms with van der Waals surface area (Å²) in [6.07, 6.45) is 3.11. The Hall–Kier alpha value is -3.53. The Morgan fingerprint density at radius 2 is 1.92 bits per heavy atom. The SMILES string of the molecule is CC1CN(c2cccc(-c3ccc4cnc(CNC(=O)c5ccc6c(c5)SNCC6)cc4n3)n2)CC(C)O1. The lowest BCUT2D eigenvalue weighted by atomic mass is 10.1. The summed E-state index contributed by atoms with van der Waals surface area (Å²) in [5.41, 5.74) is 5.12. The maximum absolute atomic E-state index is 12.8. The van der Waals surface area contributed by atoms with E-state index in [0.29, 0.717) is 12.1 Å². The van der Waals surface area contributed by atoms with E-state index in [0.717, 1.165) is 64.8 Å². The minimum Gasteiger partial charge on any atom is -0.372 e. The molecule has 3 aromatic heterocycles. The molecule has 1 amide bonds. The number of fused-ring (bicyclic) bond motifs is 2. The third kappa shape index (κ3) is 5.36. The largest absolute Gasteiger partial charge is 0.372 e. The molecule has 1 saturated heterocycles. The molecular formula is C29H30N6O2S. The number of nitrogens with zero attached hydrogens (tertiary/aromatic N) is 4. The molecule has 0 aliphatic carbocycles. The van der Waals surface area contributed by atoms with Gasteiger partial charge in [-0.3, -0.25) is 14.5 Å². The van der Waals surface area contributed by atoms with Crippen molar-refractivity contribution in [1.29, 1.82) is 0 Å². The van der Waals surface area contributed by atoms with Gasteiger partial charge < -0.3 is 15.0 Å². The van der Waals surface area contributed by atoms with Gasteiger partial charge >= 0.3 is 0 Å². The number of aromatic nitrogens is 3. The van der Waals surface area contributed by atoms with E-state index in [1.807, 2.05) is 54.6 Å². The third-order valence-electron chi connectivity index (χ3n) is 6.81. The van der Waals surface area contributed by atoms with E-state index in [9.17, 15) is 4.79 Å². The highest BCUT2D eigenvalue weighted by Gasteiger charge is 2.23. The standard InChI is InChI=1S/C29H30N6O2S/c1-18-16-35(17-19(2)37-18)28-5-3-4-24(34-28)25-9-8-22-14-30-23(13-26(22)33-25)15-31-29(36)21-7-6-20-10-11-32-38-27(20)12-21/h3-9,12-14,18-19,32H,10-11,15-17H2,1-2H3,(H,31,36). The summed E-state index contributed by atoms with van der Waals surface area (Å²) >= 11 is 1.58. The summed E-state index contributed by atoms with van der Waals surface area (Å²) in [6.45, 7) is 7.08. The fourth-order valence-corrected chi connectivity index (χ4v) is 5.84. The summed E-state index contributed by atoms with van der Waals surface area (Å²) in [4.78, 5) is 30.5. The average Bonchev–Trinajstić information content (AvgIpc) is 2.94. The first kappa shape index (κ1) is 24.8. The van der Waals surface area contributed by atoms with Crippen LogP contribution in [0.1, 0.15) is 35.5 Å². The molecule has 0 bridgehead atoms. The first-order chi connectivity index (χ1) is 18.5. The molecule has 0 saturated carbocycles. The molecule has 4 aromatic rings. The number of nitrogens with one attached hydrogen (secondary N) is 2. The van der Waals surface area contributed by atoms with Crippen LogP contribution in [0.5, 0.6) is 0 Å². The van der Waals surface area contributed by atoms with Crippen LogP contribution in [0.3, 0.4) is 0 Å².